The third-order valence-electron chi connectivity index (χ3n) is 8.57. The molecule has 0 heterocycles. The highest BCUT2D eigenvalue weighted by molar-refractivity contribution is 6.04. The normalized spacial score (nSPS) is 56.0. The van der Waals surface area contributed by atoms with Crippen LogP contribution in [-0.2, 0) is 9.59 Å². The fourth-order valence-corrected chi connectivity index (χ4v) is 7.27. The second-order valence-electron chi connectivity index (χ2n) is 9.22. The lowest BCUT2D eigenvalue weighted by Gasteiger charge is -2.66. The van der Waals surface area contributed by atoms with Crippen LogP contribution < -0.4 is 0 Å². The van der Waals surface area contributed by atoms with Crippen molar-refractivity contribution in [2.75, 3.05) is 6.61 Å². The Hall–Kier alpha value is -1.08. The number of hydrogen-bond acceptors (Lipinski definition) is 6. The zero-order valence-electron chi connectivity index (χ0n) is 15.1. The number of aldehydes is 1. The summed E-state index contributed by atoms with van der Waals surface area (Å²) in [5.74, 6) is -1.74. The van der Waals surface area contributed by atoms with Crippen LogP contribution in [0.1, 0.15) is 39.0 Å². The molecule has 6 nitrogen and oxygen atoms in total. The molecule has 6 heteroatoms. The fourth-order valence-electron chi connectivity index (χ4n) is 7.27. The molecule has 4 rings (SSSR count). The monoisotopic (exact) mass is 364 g/mol. The minimum atomic E-state index is -1.43. The molecule has 0 aromatic carbocycles. The molecule has 0 radical (unpaired) electrons. The second kappa shape index (κ2) is 5.47. The molecule has 4 N–H and O–H groups in total. The maximum atomic E-state index is 13.2. The van der Waals surface area contributed by atoms with E-state index in [0.717, 1.165) is 6.29 Å². The number of hydrogen-bond donors (Lipinski definition) is 4. The number of rotatable bonds is 2. The Labute approximate surface area is 152 Å². The SMILES string of the molecule is C=C1C(=O)[C@@]23[C@H](O)C[C@H]4[C@@](CO)([C@@H](O)CC[C@]4(C)C=O)[C@@H]2CC[C@@H]1[C@H]3O. The Balaban J connectivity index is 1.94. The van der Waals surface area contributed by atoms with Crippen LogP contribution in [0.25, 0.3) is 0 Å². The van der Waals surface area contributed by atoms with Gasteiger partial charge >= 0.3 is 0 Å². The first-order valence-corrected chi connectivity index (χ1v) is 9.56. The molecule has 0 amide bonds. The molecule has 1 spiro atoms. The van der Waals surface area contributed by atoms with Crippen molar-refractivity contribution in [3.8, 4) is 0 Å². The van der Waals surface area contributed by atoms with Gasteiger partial charge in [0.15, 0.2) is 5.78 Å². The third kappa shape index (κ3) is 1.72. The zero-order chi connectivity index (χ0) is 19.1. The standard InChI is InChI=1S/C20H28O6/c1-10-11-3-4-12-19(9-22)13(18(2,8-21)6-5-14(19)23)7-15(24)20(12,16(10)25)17(11)26/h8,11-15,17,22-24,26H,1,3-7,9H2,2H3/t11-,12-,13+,14-,15+,17+,18+,19-,20-/m0/s1. The van der Waals surface area contributed by atoms with Crippen LogP contribution in [0.5, 0.6) is 0 Å². The summed E-state index contributed by atoms with van der Waals surface area (Å²) in [6, 6.07) is 0. The van der Waals surface area contributed by atoms with Gasteiger partial charge in [-0.05, 0) is 49.5 Å². The van der Waals surface area contributed by atoms with Gasteiger partial charge in [0.1, 0.15) is 6.29 Å². The highest BCUT2D eigenvalue weighted by Crippen LogP contribution is 2.70. The second-order valence-corrected chi connectivity index (χ2v) is 9.22. The fraction of sp³-hybridized carbons (Fsp3) is 0.800. The van der Waals surface area contributed by atoms with Gasteiger partial charge in [0.25, 0.3) is 0 Å². The smallest absolute Gasteiger partial charge is 0.170 e. The summed E-state index contributed by atoms with van der Waals surface area (Å²) in [7, 11) is 0. The van der Waals surface area contributed by atoms with Crippen LogP contribution >= 0.6 is 0 Å². The van der Waals surface area contributed by atoms with Crippen molar-refractivity contribution in [3.05, 3.63) is 12.2 Å². The molecule has 9 atom stereocenters. The third-order valence-corrected chi connectivity index (χ3v) is 8.57. The van der Waals surface area contributed by atoms with E-state index in [-0.39, 0.29) is 24.7 Å². The maximum Gasteiger partial charge on any atom is 0.170 e. The van der Waals surface area contributed by atoms with Gasteiger partial charge in [0, 0.05) is 16.7 Å². The van der Waals surface area contributed by atoms with Crippen LogP contribution in [0.15, 0.2) is 12.2 Å². The van der Waals surface area contributed by atoms with Crippen molar-refractivity contribution in [3.63, 3.8) is 0 Å². The molecule has 0 aliphatic heterocycles. The zero-order valence-corrected chi connectivity index (χ0v) is 15.1. The molecule has 0 aromatic heterocycles. The number of fused-ring (bicyclic) bond motifs is 3. The van der Waals surface area contributed by atoms with Crippen molar-refractivity contribution in [1.82, 2.24) is 0 Å². The quantitative estimate of drug-likeness (QED) is 0.412. The first kappa shape index (κ1) is 18.3. The Morgan fingerprint density at radius 1 is 1.15 bits per heavy atom. The maximum absolute atomic E-state index is 13.2. The average Bonchev–Trinajstić information content (AvgIpc) is 2.74. The van der Waals surface area contributed by atoms with Crippen LogP contribution in [0, 0.1) is 34.0 Å². The Bertz CT molecular complexity index is 675. The van der Waals surface area contributed by atoms with Crippen LogP contribution in [0.4, 0.5) is 0 Å². The Morgan fingerprint density at radius 2 is 1.85 bits per heavy atom. The summed E-state index contributed by atoms with van der Waals surface area (Å²) in [6.07, 6.45) is -0.223. The van der Waals surface area contributed by atoms with Gasteiger partial charge in [-0.1, -0.05) is 13.5 Å². The first-order chi connectivity index (χ1) is 12.2. The van der Waals surface area contributed by atoms with Crippen molar-refractivity contribution >= 4 is 12.1 Å². The predicted octanol–water partition coefficient (Wildman–Crippen LogP) is 0.218. The van der Waals surface area contributed by atoms with Crippen molar-refractivity contribution in [1.29, 1.82) is 0 Å². The molecule has 0 unspecified atom stereocenters. The molecule has 26 heavy (non-hydrogen) atoms. The first-order valence-electron chi connectivity index (χ1n) is 9.56. The van der Waals surface area contributed by atoms with E-state index in [2.05, 4.69) is 6.58 Å². The summed E-state index contributed by atoms with van der Waals surface area (Å²) < 4.78 is 0. The molecular weight excluding hydrogens is 336 g/mol. The summed E-state index contributed by atoms with van der Waals surface area (Å²) in [5.41, 5.74) is -2.96. The molecule has 144 valence electrons. The lowest BCUT2D eigenvalue weighted by atomic mass is 9.38. The number of ketones is 1. The van der Waals surface area contributed by atoms with Crippen LogP contribution in [-0.4, -0.2) is 57.4 Å². The van der Waals surface area contributed by atoms with E-state index in [4.69, 9.17) is 0 Å². The molecule has 4 fully saturated rings. The van der Waals surface area contributed by atoms with Gasteiger partial charge in [0.2, 0.25) is 0 Å². The topological polar surface area (TPSA) is 115 Å². The molecule has 2 bridgehead atoms. The average molecular weight is 364 g/mol. The van der Waals surface area contributed by atoms with Crippen LogP contribution in [0.2, 0.25) is 0 Å². The molecular formula is C20H28O6. The Kier molecular flexibility index (Phi) is 3.85. The van der Waals surface area contributed by atoms with Gasteiger partial charge in [-0.3, -0.25) is 4.79 Å². The summed E-state index contributed by atoms with van der Waals surface area (Å²) in [4.78, 5) is 25.1. The van der Waals surface area contributed by atoms with Gasteiger partial charge in [-0.15, -0.1) is 0 Å². The van der Waals surface area contributed by atoms with E-state index in [1.54, 1.807) is 0 Å². The molecule has 4 saturated carbocycles. The highest BCUT2D eigenvalue weighted by atomic mass is 16.3. The van der Waals surface area contributed by atoms with Crippen molar-refractivity contribution in [2.45, 2.75) is 57.3 Å². The van der Waals surface area contributed by atoms with Gasteiger partial charge < -0.3 is 25.2 Å². The minimum absolute atomic E-state index is 0.103. The van der Waals surface area contributed by atoms with Gasteiger partial charge in [-0.25, -0.2) is 0 Å². The number of aliphatic hydroxyl groups is 4. The predicted molar refractivity (Wildman–Crippen MR) is 91.8 cm³/mol. The van der Waals surface area contributed by atoms with Gasteiger partial charge in [0.05, 0.1) is 30.3 Å². The summed E-state index contributed by atoms with van der Waals surface area (Å²) in [5, 5.41) is 43.6. The lowest BCUT2D eigenvalue weighted by Crippen LogP contribution is -2.72. The number of Topliss-reactive ketones (excluding diaryl/α,β-unsaturated/α-hetero) is 1. The van der Waals surface area contributed by atoms with E-state index >= 15 is 0 Å². The Morgan fingerprint density at radius 3 is 2.46 bits per heavy atom. The van der Waals surface area contributed by atoms with Crippen molar-refractivity contribution in [2.24, 2.45) is 34.0 Å². The summed E-state index contributed by atoms with van der Waals surface area (Å²) >= 11 is 0. The van der Waals surface area contributed by atoms with Crippen LogP contribution in [0.3, 0.4) is 0 Å². The van der Waals surface area contributed by atoms with E-state index in [0.29, 0.717) is 31.3 Å². The number of aliphatic hydroxyl groups excluding tert-OH is 4. The molecule has 4 aliphatic carbocycles. The number of carbonyl (C=O) groups excluding carboxylic acids is 2. The summed E-state index contributed by atoms with van der Waals surface area (Å²) in [6.45, 7) is 5.30. The van der Waals surface area contributed by atoms with E-state index < -0.39 is 46.4 Å². The van der Waals surface area contributed by atoms with E-state index in [1.165, 1.54) is 0 Å². The van der Waals surface area contributed by atoms with E-state index in [1.807, 2.05) is 6.92 Å². The van der Waals surface area contributed by atoms with Crippen molar-refractivity contribution < 1.29 is 30.0 Å². The molecule has 0 saturated heterocycles. The molecule has 0 aromatic rings. The minimum Gasteiger partial charge on any atom is -0.396 e. The highest BCUT2D eigenvalue weighted by Gasteiger charge is 2.76. The number of carbonyl (C=O) groups is 2. The lowest BCUT2D eigenvalue weighted by molar-refractivity contribution is -0.264. The molecule has 4 aliphatic rings. The largest absolute Gasteiger partial charge is 0.396 e. The van der Waals surface area contributed by atoms with E-state index in [9.17, 15) is 30.0 Å². The van der Waals surface area contributed by atoms with Gasteiger partial charge in [-0.2, -0.15) is 0 Å².